The molecule has 0 unspecified atom stereocenters. The zero-order chi connectivity index (χ0) is 30.8. The van der Waals surface area contributed by atoms with Gasteiger partial charge in [0.1, 0.15) is 35.9 Å². The molecule has 226 valence electrons. The molecule has 5 N–H and O–H groups in total. The second-order valence-electron chi connectivity index (χ2n) is 9.71. The molecule has 42 heavy (non-hydrogen) atoms. The highest BCUT2D eigenvalue weighted by Gasteiger charge is 2.46. The molecule has 14 nitrogen and oxygen atoms in total. The van der Waals surface area contributed by atoms with Crippen LogP contribution in [0.1, 0.15) is 37.5 Å². The molecule has 1 aromatic heterocycles. The number of para-hydroxylation sites is 1. The van der Waals surface area contributed by atoms with E-state index in [9.17, 15) is 33.6 Å². The molecule has 1 saturated heterocycles. The molecule has 3 aromatic rings. The van der Waals surface area contributed by atoms with Gasteiger partial charge in [0.2, 0.25) is 0 Å². The Labute approximate surface area is 238 Å². The highest BCUT2D eigenvalue weighted by atomic mass is 31.2. The van der Waals surface area contributed by atoms with Gasteiger partial charge in [-0.05, 0) is 51.1 Å². The Hall–Kier alpha value is -3.72. The molecule has 1 amide bonds. The van der Waals surface area contributed by atoms with E-state index in [1.807, 2.05) is 0 Å². The van der Waals surface area contributed by atoms with Gasteiger partial charge in [-0.2, -0.15) is 5.09 Å². The minimum Gasteiger partial charge on any atom is -0.462 e. The van der Waals surface area contributed by atoms with Crippen LogP contribution in [0, 0.1) is 5.82 Å². The zero-order valence-electron chi connectivity index (χ0n) is 22.7. The number of aliphatic hydroxyl groups is 2. The average molecular weight is 609 g/mol. The van der Waals surface area contributed by atoms with Crippen molar-refractivity contribution in [3.05, 3.63) is 70.4 Å². The Bertz CT molecular complexity index is 1570. The molecular formula is C26H30FN4O10P. The summed E-state index contributed by atoms with van der Waals surface area (Å²) in [6, 6.07) is 9.92. The van der Waals surface area contributed by atoms with E-state index in [0.29, 0.717) is 0 Å². The van der Waals surface area contributed by atoms with Crippen LogP contribution in [0.15, 0.2) is 53.3 Å². The molecule has 1 fully saturated rings. The van der Waals surface area contributed by atoms with Crippen molar-refractivity contribution in [3.63, 3.8) is 0 Å². The van der Waals surface area contributed by atoms with E-state index < -0.39 is 80.0 Å². The molecule has 1 aliphatic rings. The normalized spacial score (nSPS) is 22.5. The van der Waals surface area contributed by atoms with E-state index in [-0.39, 0.29) is 16.8 Å². The summed E-state index contributed by atoms with van der Waals surface area (Å²) in [6.07, 6.45) is -7.04. The van der Waals surface area contributed by atoms with Crippen molar-refractivity contribution in [2.24, 2.45) is 5.73 Å². The predicted molar refractivity (Wildman–Crippen MR) is 145 cm³/mol. The molecule has 16 heteroatoms. The fourth-order valence-electron chi connectivity index (χ4n) is 4.18. The lowest BCUT2D eigenvalue weighted by atomic mass is 10.1. The van der Waals surface area contributed by atoms with Crippen LogP contribution in [0.4, 0.5) is 4.39 Å². The lowest BCUT2D eigenvalue weighted by molar-refractivity contribution is -0.149. The third-order valence-corrected chi connectivity index (χ3v) is 7.75. The van der Waals surface area contributed by atoms with Gasteiger partial charge in [0.15, 0.2) is 11.9 Å². The van der Waals surface area contributed by atoms with E-state index in [4.69, 9.17) is 24.3 Å². The Morgan fingerprint density at radius 2 is 1.86 bits per heavy atom. The summed E-state index contributed by atoms with van der Waals surface area (Å²) < 4.78 is 50.6. The third kappa shape index (κ3) is 6.84. The van der Waals surface area contributed by atoms with Gasteiger partial charge >= 0.3 is 13.7 Å². The van der Waals surface area contributed by atoms with Crippen LogP contribution in [0.5, 0.6) is 5.75 Å². The molecule has 0 aliphatic carbocycles. The quantitative estimate of drug-likeness (QED) is 0.180. The number of aliphatic hydroxyl groups excluding tert-OH is 2. The highest BCUT2D eigenvalue weighted by molar-refractivity contribution is 7.52. The summed E-state index contributed by atoms with van der Waals surface area (Å²) in [5, 5.41) is 24.1. The molecule has 4 rings (SSSR count). The van der Waals surface area contributed by atoms with Crippen molar-refractivity contribution < 1.29 is 47.3 Å². The maximum atomic E-state index is 14.1. The number of fused-ring (bicyclic) bond motifs is 1. The number of rotatable bonds is 11. The van der Waals surface area contributed by atoms with Crippen molar-refractivity contribution in [1.82, 2.24) is 14.6 Å². The number of primary amides is 1. The van der Waals surface area contributed by atoms with Crippen molar-refractivity contribution in [2.45, 2.75) is 57.5 Å². The average Bonchev–Trinajstić information content (AvgIpc) is 3.20. The fraction of sp³-hybridized carbons (Fsp3) is 0.385. The maximum Gasteiger partial charge on any atom is 0.459 e. The van der Waals surface area contributed by atoms with E-state index in [1.165, 1.54) is 25.1 Å². The number of amides is 1. The first kappa shape index (κ1) is 31.2. The largest absolute Gasteiger partial charge is 0.462 e. The number of nitrogens with one attached hydrogen (secondary N) is 1. The van der Waals surface area contributed by atoms with Crippen LogP contribution < -0.4 is 20.9 Å². The van der Waals surface area contributed by atoms with E-state index >= 15 is 0 Å². The number of aromatic nitrogens is 2. The van der Waals surface area contributed by atoms with Crippen molar-refractivity contribution in [1.29, 1.82) is 0 Å². The van der Waals surface area contributed by atoms with Crippen LogP contribution >= 0.6 is 7.75 Å². The Morgan fingerprint density at radius 1 is 1.17 bits per heavy atom. The Kier molecular flexibility index (Phi) is 9.40. The van der Waals surface area contributed by atoms with Gasteiger partial charge in [0.25, 0.3) is 11.5 Å². The van der Waals surface area contributed by atoms with E-state index in [2.05, 4.69) is 10.1 Å². The molecular weight excluding hydrogens is 578 g/mol. The number of ether oxygens (including phenoxy) is 2. The minimum atomic E-state index is -4.37. The van der Waals surface area contributed by atoms with Gasteiger partial charge in [0.05, 0.1) is 23.7 Å². The van der Waals surface area contributed by atoms with Crippen LogP contribution in [-0.4, -0.2) is 68.7 Å². The number of carbonyl (C=O) groups excluding carboxylic acids is 2. The van der Waals surface area contributed by atoms with Crippen molar-refractivity contribution in [3.8, 4) is 5.75 Å². The van der Waals surface area contributed by atoms with Crippen LogP contribution in [0.25, 0.3) is 11.0 Å². The topological polar surface area (TPSA) is 202 Å². The first-order valence-corrected chi connectivity index (χ1v) is 14.3. The smallest absolute Gasteiger partial charge is 0.459 e. The second kappa shape index (κ2) is 12.7. The van der Waals surface area contributed by atoms with Gasteiger partial charge in [-0.1, -0.05) is 18.2 Å². The SMILES string of the molecule is CC(C)OC(=O)[C@H](C)N[P@](=O)(OC[C@H]1O[C@@H](n2c(=O)c(C(N)=O)nc3ccc(F)cc32)[C@H](O)[C@@H]1O)Oc1ccccc1. The van der Waals surface area contributed by atoms with E-state index in [0.717, 1.165) is 16.7 Å². The minimum absolute atomic E-state index is 0.0120. The second-order valence-corrected chi connectivity index (χ2v) is 11.4. The predicted octanol–water partition coefficient (Wildman–Crippen LogP) is 1.39. The molecule has 0 bridgehead atoms. The van der Waals surface area contributed by atoms with Crippen LogP contribution in [0.2, 0.25) is 0 Å². The number of nitrogens with two attached hydrogens (primary N) is 1. The Morgan fingerprint density at radius 3 is 2.50 bits per heavy atom. The lowest BCUT2D eigenvalue weighted by Gasteiger charge is -2.25. The lowest BCUT2D eigenvalue weighted by Crippen LogP contribution is -2.39. The summed E-state index contributed by atoms with van der Waals surface area (Å²) in [6.45, 7) is 3.98. The standard InChI is InChI=1S/C26H30FN4O10P/c1-13(2)39-26(36)14(3)30-42(37,41-16-7-5-4-6-8-16)38-12-19-21(32)22(33)25(40-19)31-18-11-15(27)9-10-17(18)29-20(23(28)34)24(31)35/h4-11,13-14,19,21-22,25,32-33H,12H2,1-3H3,(H2,28,34)(H,30,37)/t14-,19+,21+,22+,25+,42-/m0/s1. The number of benzene rings is 2. The molecule has 6 atom stereocenters. The number of carbonyl (C=O) groups is 2. The Balaban J connectivity index is 1.61. The summed E-state index contributed by atoms with van der Waals surface area (Å²) in [5.41, 5.74) is 3.32. The van der Waals surface area contributed by atoms with Gasteiger partial charge < -0.3 is 29.9 Å². The van der Waals surface area contributed by atoms with Gasteiger partial charge in [-0.3, -0.25) is 23.5 Å². The molecule has 0 spiro atoms. The van der Waals surface area contributed by atoms with Gasteiger partial charge in [-0.25, -0.2) is 13.9 Å². The van der Waals surface area contributed by atoms with Gasteiger partial charge in [0, 0.05) is 0 Å². The van der Waals surface area contributed by atoms with E-state index in [1.54, 1.807) is 32.0 Å². The molecule has 0 saturated carbocycles. The summed E-state index contributed by atoms with van der Waals surface area (Å²) in [7, 11) is -4.37. The maximum absolute atomic E-state index is 14.1. The van der Waals surface area contributed by atoms with Crippen LogP contribution in [-0.2, 0) is 23.4 Å². The summed E-state index contributed by atoms with van der Waals surface area (Å²) >= 11 is 0. The molecule has 0 radical (unpaired) electrons. The van der Waals surface area contributed by atoms with Gasteiger partial charge in [-0.15, -0.1) is 0 Å². The molecule has 2 aromatic carbocycles. The monoisotopic (exact) mass is 608 g/mol. The number of hydrogen-bond acceptors (Lipinski definition) is 11. The first-order chi connectivity index (χ1) is 19.8. The van der Waals surface area contributed by atoms with Crippen LogP contribution in [0.3, 0.4) is 0 Å². The first-order valence-electron chi connectivity index (χ1n) is 12.8. The van der Waals surface area contributed by atoms with Crippen molar-refractivity contribution in [2.75, 3.05) is 6.61 Å². The highest BCUT2D eigenvalue weighted by Crippen LogP contribution is 2.46. The number of nitrogens with zero attached hydrogens (tertiary/aromatic N) is 2. The third-order valence-electron chi connectivity index (χ3n) is 6.11. The number of esters is 1. The summed E-state index contributed by atoms with van der Waals surface area (Å²) in [5.74, 6) is -2.55. The molecule has 1 aliphatic heterocycles. The summed E-state index contributed by atoms with van der Waals surface area (Å²) in [4.78, 5) is 41.2. The fourth-order valence-corrected chi connectivity index (χ4v) is 5.68. The molecule has 2 heterocycles. The number of halogens is 1. The van der Waals surface area contributed by atoms with Crippen molar-refractivity contribution >= 4 is 30.7 Å². The number of hydrogen-bond donors (Lipinski definition) is 4. The zero-order valence-corrected chi connectivity index (χ0v) is 23.6.